The van der Waals surface area contributed by atoms with E-state index in [1.165, 1.54) is 5.56 Å². The van der Waals surface area contributed by atoms with Crippen LogP contribution in [-0.2, 0) is 0 Å². The van der Waals surface area contributed by atoms with E-state index in [-0.39, 0.29) is 5.91 Å². The van der Waals surface area contributed by atoms with Crippen LogP contribution in [0.15, 0.2) is 55.2 Å². The first-order valence-corrected chi connectivity index (χ1v) is 9.78. The molecule has 0 saturated carbocycles. The van der Waals surface area contributed by atoms with Gasteiger partial charge in [0.25, 0.3) is 5.91 Å². The fraction of sp³-hybridized carbons (Fsp3) is 0.292. The molecule has 0 radical (unpaired) electrons. The van der Waals surface area contributed by atoms with E-state index in [1.807, 2.05) is 31.0 Å². The van der Waals surface area contributed by atoms with E-state index in [0.29, 0.717) is 0 Å². The van der Waals surface area contributed by atoms with Crippen molar-refractivity contribution in [3.8, 4) is 0 Å². The molecule has 4 nitrogen and oxygen atoms in total. The van der Waals surface area contributed by atoms with Crippen molar-refractivity contribution in [2.45, 2.75) is 6.92 Å². The van der Waals surface area contributed by atoms with E-state index in [0.717, 1.165) is 59.7 Å². The molecule has 0 unspecified atom stereocenters. The lowest BCUT2D eigenvalue weighted by Crippen LogP contribution is -2.47. The summed E-state index contributed by atoms with van der Waals surface area (Å²) in [4.78, 5) is 19.3. The summed E-state index contributed by atoms with van der Waals surface area (Å²) in [5, 5.41) is 0. The smallest absolute Gasteiger partial charge is 0.254 e. The predicted molar refractivity (Wildman–Crippen MR) is 115 cm³/mol. The minimum absolute atomic E-state index is 0.140. The van der Waals surface area contributed by atoms with Crippen LogP contribution in [-0.4, -0.2) is 60.9 Å². The molecule has 1 fully saturated rings. The van der Waals surface area contributed by atoms with Crippen molar-refractivity contribution in [1.29, 1.82) is 0 Å². The number of fused-ring (bicyclic) bond motifs is 1. The second-order valence-electron chi connectivity index (χ2n) is 7.77. The molecule has 0 bridgehead atoms. The maximum atomic E-state index is 13.0. The highest BCUT2D eigenvalue weighted by Gasteiger charge is 2.23. The molecule has 1 saturated heterocycles. The van der Waals surface area contributed by atoms with E-state index < -0.39 is 0 Å². The molecule has 2 aliphatic heterocycles. The lowest BCUT2D eigenvalue weighted by molar-refractivity contribution is 0.0663. The minimum atomic E-state index is 0.140. The molecule has 144 valence electrons. The highest BCUT2D eigenvalue weighted by atomic mass is 16.2. The Balaban J connectivity index is 1.66. The normalized spacial score (nSPS) is 17.4. The molecule has 2 aromatic rings. The number of carbonyl (C=O) groups excluding carboxylic acids is 1. The summed E-state index contributed by atoms with van der Waals surface area (Å²) in [5.41, 5.74) is 7.44. The van der Waals surface area contributed by atoms with Gasteiger partial charge in [-0.1, -0.05) is 43.0 Å². The fourth-order valence-corrected chi connectivity index (χ4v) is 3.98. The zero-order valence-corrected chi connectivity index (χ0v) is 16.9. The van der Waals surface area contributed by atoms with Crippen LogP contribution in [0.1, 0.15) is 32.6 Å². The maximum Gasteiger partial charge on any atom is 0.254 e. The molecule has 28 heavy (non-hydrogen) atoms. The van der Waals surface area contributed by atoms with E-state index >= 15 is 0 Å². The number of piperazine rings is 1. The minimum Gasteiger partial charge on any atom is -0.350 e. The third kappa shape index (κ3) is 3.25. The Labute approximate surface area is 167 Å². The molecule has 0 N–H and O–H groups in total. The summed E-state index contributed by atoms with van der Waals surface area (Å²) in [7, 11) is 4.12. The monoisotopic (exact) mass is 373 g/mol. The Kier molecular flexibility index (Phi) is 4.82. The van der Waals surface area contributed by atoms with Crippen molar-refractivity contribution < 1.29 is 4.79 Å². The van der Waals surface area contributed by atoms with Crippen LogP contribution < -0.4 is 0 Å². The second-order valence-corrected chi connectivity index (χ2v) is 7.77. The molecular formula is C24H27N3O. The van der Waals surface area contributed by atoms with Gasteiger partial charge >= 0.3 is 0 Å². The summed E-state index contributed by atoms with van der Waals surface area (Å²) in [6, 6.07) is 14.5. The van der Waals surface area contributed by atoms with Gasteiger partial charge in [-0.05, 0) is 36.7 Å². The van der Waals surface area contributed by atoms with Crippen molar-refractivity contribution in [1.82, 2.24) is 14.7 Å². The van der Waals surface area contributed by atoms with Gasteiger partial charge in [-0.15, -0.1) is 0 Å². The maximum absolute atomic E-state index is 13.0. The predicted octanol–water partition coefficient (Wildman–Crippen LogP) is 3.69. The summed E-state index contributed by atoms with van der Waals surface area (Å²) in [6.45, 7) is 9.69. The average molecular weight is 374 g/mol. The average Bonchev–Trinajstić information content (AvgIpc) is 2.71. The molecule has 4 heteroatoms. The zero-order chi connectivity index (χ0) is 19.8. The van der Waals surface area contributed by atoms with Crippen LogP contribution in [0.4, 0.5) is 0 Å². The summed E-state index contributed by atoms with van der Waals surface area (Å²) in [6.07, 6.45) is 2.13. The molecule has 4 rings (SSSR count). The van der Waals surface area contributed by atoms with E-state index in [2.05, 4.69) is 60.0 Å². The number of carbonyl (C=O) groups is 1. The zero-order valence-electron chi connectivity index (χ0n) is 16.9. The third-order valence-electron chi connectivity index (χ3n) is 5.83. The molecule has 0 aromatic heterocycles. The van der Waals surface area contributed by atoms with Crippen LogP contribution in [0.5, 0.6) is 0 Å². The number of amides is 1. The van der Waals surface area contributed by atoms with Gasteiger partial charge in [-0.2, -0.15) is 0 Å². The van der Waals surface area contributed by atoms with Crippen molar-refractivity contribution in [2.75, 3.05) is 40.3 Å². The topological polar surface area (TPSA) is 26.8 Å². The molecule has 0 aliphatic carbocycles. The molecule has 0 atom stereocenters. The van der Waals surface area contributed by atoms with E-state index in [9.17, 15) is 4.79 Å². The molecule has 1 amide bonds. The van der Waals surface area contributed by atoms with Crippen LogP contribution >= 0.6 is 0 Å². The van der Waals surface area contributed by atoms with Crippen molar-refractivity contribution >= 4 is 17.2 Å². The number of aryl methyl sites for hydroxylation is 1. The first kappa shape index (κ1) is 18.5. The van der Waals surface area contributed by atoms with Crippen LogP contribution in [0.2, 0.25) is 0 Å². The Morgan fingerprint density at radius 1 is 0.964 bits per heavy atom. The summed E-state index contributed by atoms with van der Waals surface area (Å²) >= 11 is 0. The standard InChI is InChI=1S/C24H27N3O/c1-17-15-19(9-10-20(17)24(28)27-13-11-25(3)12-14-27)23-16-26(4)18(2)21-7-5-6-8-22(21)23/h5-10,15-16H,2,11-14H2,1,3-4H3. The number of nitrogens with zero attached hydrogens (tertiary/aromatic N) is 3. The van der Waals surface area contributed by atoms with Crippen molar-refractivity contribution in [3.63, 3.8) is 0 Å². The van der Waals surface area contributed by atoms with Crippen LogP contribution in [0.3, 0.4) is 0 Å². The van der Waals surface area contributed by atoms with Gasteiger partial charge in [-0.3, -0.25) is 4.79 Å². The Hall–Kier alpha value is -2.85. The largest absolute Gasteiger partial charge is 0.350 e. The number of rotatable bonds is 2. The van der Waals surface area contributed by atoms with Gasteiger partial charge in [0.05, 0.1) is 0 Å². The highest BCUT2D eigenvalue weighted by Crippen LogP contribution is 2.36. The van der Waals surface area contributed by atoms with Gasteiger partial charge in [0.1, 0.15) is 0 Å². The summed E-state index contributed by atoms with van der Waals surface area (Å²) < 4.78 is 0. The fourth-order valence-electron chi connectivity index (χ4n) is 3.98. The molecule has 2 aromatic carbocycles. The SMILES string of the molecule is C=C1c2ccccc2C(c2ccc(C(=O)N3CCN(C)CC3)c(C)c2)=CN1C. The number of benzene rings is 2. The summed E-state index contributed by atoms with van der Waals surface area (Å²) in [5.74, 6) is 0.140. The van der Waals surface area contributed by atoms with E-state index in [1.54, 1.807) is 0 Å². The lowest BCUT2D eigenvalue weighted by atomic mass is 9.89. The van der Waals surface area contributed by atoms with Gasteiger partial charge in [0.2, 0.25) is 0 Å². The first-order chi connectivity index (χ1) is 13.5. The van der Waals surface area contributed by atoms with Crippen LogP contribution in [0, 0.1) is 6.92 Å². The quantitative estimate of drug-likeness (QED) is 0.803. The van der Waals surface area contributed by atoms with Crippen molar-refractivity contribution in [2.24, 2.45) is 0 Å². The molecule has 2 heterocycles. The Bertz CT molecular complexity index is 968. The first-order valence-electron chi connectivity index (χ1n) is 9.78. The number of hydrogen-bond donors (Lipinski definition) is 0. The Morgan fingerprint density at radius 2 is 1.64 bits per heavy atom. The number of likely N-dealkylation sites (N-methyl/N-ethyl adjacent to an activating group) is 1. The molecule has 0 spiro atoms. The van der Waals surface area contributed by atoms with Gasteiger partial charge < -0.3 is 14.7 Å². The second kappa shape index (κ2) is 7.28. The van der Waals surface area contributed by atoms with Gasteiger partial charge in [-0.25, -0.2) is 0 Å². The van der Waals surface area contributed by atoms with Gasteiger partial charge in [0, 0.05) is 61.8 Å². The molecular weight excluding hydrogens is 346 g/mol. The van der Waals surface area contributed by atoms with Crippen molar-refractivity contribution in [3.05, 3.63) is 83.1 Å². The van der Waals surface area contributed by atoms with Gasteiger partial charge in [0.15, 0.2) is 0 Å². The third-order valence-corrected chi connectivity index (χ3v) is 5.83. The lowest BCUT2D eigenvalue weighted by Gasteiger charge is -2.33. The number of hydrogen-bond acceptors (Lipinski definition) is 3. The Morgan fingerprint density at radius 3 is 2.32 bits per heavy atom. The highest BCUT2D eigenvalue weighted by molar-refractivity contribution is 5.97. The van der Waals surface area contributed by atoms with E-state index in [4.69, 9.17) is 0 Å². The van der Waals surface area contributed by atoms with Crippen LogP contribution in [0.25, 0.3) is 11.3 Å². The molecule has 2 aliphatic rings.